The molecule has 0 N–H and O–H groups in total. The Morgan fingerprint density at radius 1 is 0.810 bits per heavy atom. The predicted octanol–water partition coefficient (Wildman–Crippen LogP) is 5.62. The molecule has 4 rings (SSSR count). The number of fused-ring (bicyclic) bond motifs is 3. The Morgan fingerprint density at radius 3 is 2.62 bits per heavy atom. The number of aromatic nitrogens is 1. The van der Waals surface area contributed by atoms with Gasteiger partial charge in [0, 0.05) is 21.8 Å². The second kappa shape index (κ2) is 5.15. The average Bonchev–Trinajstić information content (AvgIpc) is 3.06. The Labute approximate surface area is 127 Å². The van der Waals surface area contributed by atoms with Crippen LogP contribution in [-0.2, 0) is 0 Å². The third-order valence-corrected chi connectivity index (χ3v) is 4.45. The maximum absolute atomic E-state index is 4.58. The van der Waals surface area contributed by atoms with Crippen molar-refractivity contribution in [1.82, 2.24) is 4.98 Å². The number of thiophene rings is 1. The molecule has 0 saturated heterocycles. The summed E-state index contributed by atoms with van der Waals surface area (Å²) in [6, 6.07) is 19.0. The van der Waals surface area contributed by atoms with Crippen molar-refractivity contribution in [3.05, 3.63) is 76.6 Å². The molecule has 1 nitrogen and oxygen atoms in total. The summed E-state index contributed by atoms with van der Waals surface area (Å²) in [6.07, 6.45) is 6.21. The first-order valence-corrected chi connectivity index (χ1v) is 7.78. The molecule has 0 fully saturated rings. The molecule has 0 aliphatic carbocycles. The summed E-state index contributed by atoms with van der Waals surface area (Å²) in [6.45, 7) is 0. The molecule has 0 spiro atoms. The highest BCUT2D eigenvalue weighted by Gasteiger charge is 2.04. The fourth-order valence-electron chi connectivity index (χ4n) is 2.64. The minimum Gasteiger partial charge on any atom is -0.256 e. The van der Waals surface area contributed by atoms with Crippen LogP contribution in [-0.4, -0.2) is 4.98 Å². The molecule has 4 aromatic rings. The van der Waals surface area contributed by atoms with Crippen molar-refractivity contribution in [2.75, 3.05) is 0 Å². The molecular weight excluding hydrogens is 274 g/mol. The largest absolute Gasteiger partial charge is 0.256 e. The maximum atomic E-state index is 4.58. The van der Waals surface area contributed by atoms with Gasteiger partial charge < -0.3 is 0 Å². The van der Waals surface area contributed by atoms with Crippen molar-refractivity contribution in [3.63, 3.8) is 0 Å². The summed E-state index contributed by atoms with van der Waals surface area (Å²) < 4.78 is 0. The zero-order valence-corrected chi connectivity index (χ0v) is 12.2. The zero-order chi connectivity index (χ0) is 14.1. The summed E-state index contributed by atoms with van der Waals surface area (Å²) in [5.74, 6) is 0. The third-order valence-electron chi connectivity index (χ3n) is 3.62. The molecular formula is C19H13NS. The number of nitrogens with zero attached hydrogens (tertiary/aromatic N) is 1. The summed E-state index contributed by atoms with van der Waals surface area (Å²) in [5.41, 5.74) is 2.28. The normalized spacial score (nSPS) is 11.6. The predicted molar refractivity (Wildman–Crippen MR) is 92.5 cm³/mol. The van der Waals surface area contributed by atoms with E-state index in [1.807, 2.05) is 12.3 Å². The average molecular weight is 287 g/mol. The molecule has 0 atom stereocenters. The van der Waals surface area contributed by atoms with Gasteiger partial charge in [-0.25, -0.2) is 0 Å². The minimum absolute atomic E-state index is 1.07. The first-order chi connectivity index (χ1) is 10.4. The lowest BCUT2D eigenvalue weighted by Crippen LogP contribution is -1.84. The van der Waals surface area contributed by atoms with Gasteiger partial charge in [0.05, 0.1) is 5.52 Å². The molecule has 2 aromatic heterocycles. The molecule has 0 amide bonds. The van der Waals surface area contributed by atoms with Crippen LogP contribution in [0.2, 0.25) is 0 Å². The van der Waals surface area contributed by atoms with Gasteiger partial charge in [-0.15, -0.1) is 11.3 Å². The van der Waals surface area contributed by atoms with E-state index in [9.17, 15) is 0 Å². The van der Waals surface area contributed by atoms with Gasteiger partial charge in [-0.1, -0.05) is 48.5 Å². The zero-order valence-electron chi connectivity index (χ0n) is 11.4. The van der Waals surface area contributed by atoms with Crippen LogP contribution >= 0.6 is 11.3 Å². The quantitative estimate of drug-likeness (QED) is 0.436. The summed E-state index contributed by atoms with van der Waals surface area (Å²) in [4.78, 5) is 5.85. The van der Waals surface area contributed by atoms with Gasteiger partial charge in [-0.3, -0.25) is 4.98 Å². The monoisotopic (exact) mass is 287 g/mol. The van der Waals surface area contributed by atoms with Crippen LogP contribution in [0.25, 0.3) is 33.8 Å². The van der Waals surface area contributed by atoms with Gasteiger partial charge in [0.15, 0.2) is 0 Å². The molecule has 0 bridgehead atoms. The molecule has 2 aromatic carbocycles. The Kier molecular flexibility index (Phi) is 3.02. The first-order valence-electron chi connectivity index (χ1n) is 6.90. The fourth-order valence-corrected chi connectivity index (χ4v) is 3.26. The summed E-state index contributed by atoms with van der Waals surface area (Å²) >= 11 is 1.75. The molecule has 100 valence electrons. The first kappa shape index (κ1) is 12.3. The number of hydrogen-bond donors (Lipinski definition) is 0. The number of benzene rings is 2. The summed E-state index contributed by atoms with van der Waals surface area (Å²) in [7, 11) is 0. The second-order valence-corrected chi connectivity index (χ2v) is 5.91. The van der Waals surface area contributed by atoms with Crippen LogP contribution in [0, 0.1) is 0 Å². The molecule has 21 heavy (non-hydrogen) atoms. The second-order valence-electron chi connectivity index (χ2n) is 4.93. The third kappa shape index (κ3) is 2.24. The van der Waals surface area contributed by atoms with Gasteiger partial charge in [0.1, 0.15) is 0 Å². The van der Waals surface area contributed by atoms with E-state index in [1.165, 1.54) is 26.6 Å². The molecule has 0 saturated carbocycles. The Balaban J connectivity index is 1.98. The lowest BCUT2D eigenvalue weighted by molar-refractivity contribution is 1.43. The number of hydrogen-bond acceptors (Lipinski definition) is 2. The van der Waals surface area contributed by atoms with Crippen molar-refractivity contribution >= 4 is 45.2 Å². The molecule has 2 heteroatoms. The lowest BCUT2D eigenvalue weighted by Gasteiger charge is -2.06. The SMILES string of the molecule is C(=C\c1cccc2ccc3cccnc3c12)/c1cccs1. The smallest absolute Gasteiger partial charge is 0.0786 e. The van der Waals surface area contributed by atoms with Gasteiger partial charge in [-0.05, 0) is 34.5 Å². The van der Waals surface area contributed by atoms with E-state index in [1.54, 1.807) is 11.3 Å². The molecule has 0 unspecified atom stereocenters. The standard InChI is InChI=1S/C19H13NS/c1-4-14-8-9-16-6-2-12-20-19(16)18(14)15(5-1)10-11-17-7-3-13-21-17/h1-13H/b11-10+. The molecule has 0 aliphatic heterocycles. The van der Waals surface area contributed by atoms with Gasteiger partial charge >= 0.3 is 0 Å². The molecule has 0 radical (unpaired) electrons. The highest BCUT2D eigenvalue weighted by Crippen LogP contribution is 2.28. The van der Waals surface area contributed by atoms with E-state index >= 15 is 0 Å². The highest BCUT2D eigenvalue weighted by atomic mass is 32.1. The Bertz CT molecular complexity index is 936. The maximum Gasteiger partial charge on any atom is 0.0786 e. The molecule has 2 heterocycles. The van der Waals surface area contributed by atoms with E-state index in [0.717, 1.165) is 5.52 Å². The Hall–Kier alpha value is -2.45. The van der Waals surface area contributed by atoms with E-state index in [-0.39, 0.29) is 0 Å². The van der Waals surface area contributed by atoms with Crippen LogP contribution in [0.5, 0.6) is 0 Å². The van der Waals surface area contributed by atoms with Crippen LogP contribution < -0.4 is 0 Å². The van der Waals surface area contributed by atoms with Crippen LogP contribution in [0.15, 0.2) is 66.2 Å². The Morgan fingerprint density at radius 2 is 1.71 bits per heavy atom. The van der Waals surface area contributed by atoms with Crippen LogP contribution in [0.1, 0.15) is 10.4 Å². The van der Waals surface area contributed by atoms with E-state index in [4.69, 9.17) is 0 Å². The lowest BCUT2D eigenvalue weighted by atomic mass is 10.0. The van der Waals surface area contributed by atoms with Gasteiger partial charge in [-0.2, -0.15) is 0 Å². The van der Waals surface area contributed by atoms with E-state index in [2.05, 4.69) is 71.0 Å². The van der Waals surface area contributed by atoms with Crippen molar-refractivity contribution in [1.29, 1.82) is 0 Å². The van der Waals surface area contributed by atoms with E-state index in [0.29, 0.717) is 0 Å². The minimum atomic E-state index is 1.07. The molecule has 0 aliphatic rings. The van der Waals surface area contributed by atoms with E-state index < -0.39 is 0 Å². The van der Waals surface area contributed by atoms with Crippen molar-refractivity contribution in [2.24, 2.45) is 0 Å². The summed E-state index contributed by atoms with van der Waals surface area (Å²) in [5, 5.41) is 5.74. The van der Waals surface area contributed by atoms with Crippen LogP contribution in [0.4, 0.5) is 0 Å². The topological polar surface area (TPSA) is 12.9 Å². The van der Waals surface area contributed by atoms with Crippen LogP contribution in [0.3, 0.4) is 0 Å². The van der Waals surface area contributed by atoms with Crippen molar-refractivity contribution < 1.29 is 0 Å². The number of pyridine rings is 1. The van der Waals surface area contributed by atoms with Gasteiger partial charge in [0.25, 0.3) is 0 Å². The van der Waals surface area contributed by atoms with Gasteiger partial charge in [0.2, 0.25) is 0 Å². The number of rotatable bonds is 2. The van der Waals surface area contributed by atoms with Crippen molar-refractivity contribution in [3.8, 4) is 0 Å². The fraction of sp³-hybridized carbons (Fsp3) is 0. The highest BCUT2D eigenvalue weighted by molar-refractivity contribution is 7.10. The van der Waals surface area contributed by atoms with Crippen molar-refractivity contribution in [2.45, 2.75) is 0 Å².